The van der Waals surface area contributed by atoms with Gasteiger partial charge in [0, 0.05) is 17.7 Å². The summed E-state index contributed by atoms with van der Waals surface area (Å²) in [6.45, 7) is 0.587. The highest BCUT2D eigenvalue weighted by molar-refractivity contribution is 8.00. The zero-order valence-electron chi connectivity index (χ0n) is 19.8. The normalized spacial score (nSPS) is 20.6. The molecule has 3 heterocycles. The summed E-state index contributed by atoms with van der Waals surface area (Å²) < 4.78 is 16.5. The van der Waals surface area contributed by atoms with Crippen molar-refractivity contribution >= 4 is 29.5 Å². The quantitative estimate of drug-likeness (QED) is 0.435. The molecule has 0 aromatic heterocycles. The number of β-lactam (4-membered cyclic amide) rings is 1. The van der Waals surface area contributed by atoms with Crippen LogP contribution >= 0.6 is 11.8 Å². The Morgan fingerprint density at radius 3 is 2.58 bits per heavy atom. The molecule has 3 aliphatic rings. The highest BCUT2D eigenvalue weighted by atomic mass is 32.2. The summed E-state index contributed by atoms with van der Waals surface area (Å²) in [4.78, 5) is 40.5. The van der Waals surface area contributed by atoms with Crippen molar-refractivity contribution in [3.8, 4) is 5.75 Å². The summed E-state index contributed by atoms with van der Waals surface area (Å²) in [5.74, 6) is 0.630. The van der Waals surface area contributed by atoms with Crippen LogP contribution in [0.15, 0.2) is 77.7 Å². The minimum atomic E-state index is -0.698. The number of rotatable bonds is 8. The Hall–Kier alpha value is -3.72. The van der Waals surface area contributed by atoms with Crippen LogP contribution in [0.4, 0.5) is 0 Å². The molecule has 186 valence electrons. The Labute approximate surface area is 213 Å². The van der Waals surface area contributed by atoms with Crippen LogP contribution in [0.2, 0.25) is 0 Å². The van der Waals surface area contributed by atoms with Crippen LogP contribution in [0.5, 0.6) is 5.75 Å². The van der Waals surface area contributed by atoms with E-state index < -0.39 is 12.0 Å². The fraction of sp³-hybridized carbons (Fsp3) is 0.296. The first-order valence-corrected chi connectivity index (χ1v) is 12.7. The van der Waals surface area contributed by atoms with Crippen LogP contribution < -0.4 is 10.1 Å². The topological polar surface area (TPSA) is 94.2 Å². The highest BCUT2D eigenvalue weighted by Gasteiger charge is 2.55. The lowest BCUT2D eigenvalue weighted by atomic mass is 10.0. The minimum Gasteiger partial charge on any atom is -0.497 e. The second-order valence-electron chi connectivity index (χ2n) is 8.57. The van der Waals surface area contributed by atoms with E-state index in [2.05, 4.69) is 5.32 Å². The number of hydrogen-bond acceptors (Lipinski definition) is 7. The number of nitrogens with one attached hydrogen (secondary N) is 1. The van der Waals surface area contributed by atoms with E-state index in [1.165, 1.54) is 16.7 Å². The van der Waals surface area contributed by atoms with Gasteiger partial charge in [0.1, 0.15) is 35.2 Å². The van der Waals surface area contributed by atoms with Gasteiger partial charge in [0.25, 0.3) is 5.91 Å². The van der Waals surface area contributed by atoms with E-state index in [1.807, 2.05) is 48.5 Å². The minimum absolute atomic E-state index is 0.0522. The Morgan fingerprint density at radius 1 is 1.11 bits per heavy atom. The Morgan fingerprint density at radius 2 is 1.89 bits per heavy atom. The number of fused-ring (bicyclic) bond motifs is 1. The van der Waals surface area contributed by atoms with Gasteiger partial charge >= 0.3 is 5.97 Å². The summed E-state index contributed by atoms with van der Waals surface area (Å²) in [5.41, 5.74) is 2.51. The molecule has 0 saturated carbocycles. The van der Waals surface area contributed by atoms with E-state index in [0.29, 0.717) is 29.4 Å². The van der Waals surface area contributed by atoms with Crippen molar-refractivity contribution in [3.63, 3.8) is 0 Å². The van der Waals surface area contributed by atoms with Crippen molar-refractivity contribution in [3.05, 3.63) is 88.8 Å². The van der Waals surface area contributed by atoms with Crippen molar-refractivity contribution in [1.82, 2.24) is 10.2 Å². The molecule has 3 aliphatic heterocycles. The van der Waals surface area contributed by atoms with Gasteiger partial charge in [-0.05, 0) is 29.3 Å². The molecule has 1 saturated heterocycles. The molecule has 0 bridgehead atoms. The number of carbonyl (C=O) groups is 3. The summed E-state index contributed by atoms with van der Waals surface area (Å²) in [5, 5.41) is 2.46. The Balaban J connectivity index is 1.31. The standard InChI is InChI=1S/C27H26N2O6S/c1-33-19-11-9-18(10-12-19)15-35-27(32)24-20(21-8-5-13-34-21)16-36-26-23(25(31)29(24)26)28-22(30)14-17-6-3-2-4-7-17/h2-4,6-12,23,26H,5,13-16H2,1H3,(H,28,30)/t23-,26-/m1/s1. The van der Waals surface area contributed by atoms with Gasteiger partial charge in [-0.15, -0.1) is 11.8 Å². The summed E-state index contributed by atoms with van der Waals surface area (Å²) in [6, 6.07) is 15.9. The number of allylic oxidation sites excluding steroid dienone is 1. The molecule has 9 heteroatoms. The molecule has 1 fully saturated rings. The molecule has 0 radical (unpaired) electrons. The zero-order chi connectivity index (χ0) is 25.1. The lowest BCUT2D eigenvalue weighted by Gasteiger charge is -2.49. The molecule has 1 N–H and O–H groups in total. The third-order valence-corrected chi connectivity index (χ3v) is 7.50. The van der Waals surface area contributed by atoms with Crippen molar-refractivity contribution in [2.24, 2.45) is 0 Å². The van der Waals surface area contributed by atoms with Crippen LogP contribution in [0.25, 0.3) is 0 Å². The number of amides is 2. The molecule has 2 aromatic carbocycles. The van der Waals surface area contributed by atoms with E-state index in [1.54, 1.807) is 19.2 Å². The van der Waals surface area contributed by atoms with Gasteiger partial charge in [-0.25, -0.2) is 4.79 Å². The van der Waals surface area contributed by atoms with Gasteiger partial charge in [-0.3, -0.25) is 14.5 Å². The number of benzene rings is 2. The van der Waals surface area contributed by atoms with E-state index in [4.69, 9.17) is 14.2 Å². The molecule has 2 amide bonds. The largest absolute Gasteiger partial charge is 0.497 e. The van der Waals surface area contributed by atoms with E-state index >= 15 is 0 Å². The van der Waals surface area contributed by atoms with Crippen molar-refractivity contribution in [2.75, 3.05) is 19.5 Å². The van der Waals surface area contributed by atoms with Crippen LogP contribution in [0, 0.1) is 0 Å². The molecule has 36 heavy (non-hydrogen) atoms. The average molecular weight is 507 g/mol. The first kappa shape index (κ1) is 24.0. The lowest BCUT2D eigenvalue weighted by molar-refractivity contribution is -0.153. The van der Waals surface area contributed by atoms with Crippen molar-refractivity contribution in [1.29, 1.82) is 0 Å². The van der Waals surface area contributed by atoms with Gasteiger partial charge in [0.15, 0.2) is 0 Å². The fourth-order valence-corrected chi connectivity index (χ4v) is 5.72. The molecule has 0 unspecified atom stereocenters. The number of carbonyl (C=O) groups excluding carboxylic acids is 3. The summed E-state index contributed by atoms with van der Waals surface area (Å²) >= 11 is 1.50. The Bertz CT molecular complexity index is 1220. The molecule has 5 rings (SSSR count). The second kappa shape index (κ2) is 10.5. The third-order valence-electron chi connectivity index (χ3n) is 6.22. The first-order chi connectivity index (χ1) is 17.5. The molecular weight excluding hydrogens is 480 g/mol. The summed E-state index contributed by atoms with van der Waals surface area (Å²) in [7, 11) is 1.59. The molecule has 8 nitrogen and oxygen atoms in total. The van der Waals surface area contributed by atoms with E-state index in [0.717, 1.165) is 17.5 Å². The van der Waals surface area contributed by atoms with Gasteiger partial charge < -0.3 is 19.5 Å². The van der Waals surface area contributed by atoms with Crippen LogP contribution in [-0.2, 0) is 36.9 Å². The molecular formula is C27H26N2O6S. The molecule has 0 aliphatic carbocycles. The molecule has 2 atom stereocenters. The van der Waals surface area contributed by atoms with Gasteiger partial charge in [0.2, 0.25) is 5.91 Å². The van der Waals surface area contributed by atoms with Crippen molar-refractivity contribution < 1.29 is 28.6 Å². The predicted octanol–water partition coefficient (Wildman–Crippen LogP) is 2.94. The number of hydrogen-bond donors (Lipinski definition) is 1. The SMILES string of the molecule is COc1ccc(COC(=O)C2=C(C3=CCCO3)CS[C@@H]3[C@H](NC(=O)Cc4ccccc4)C(=O)N23)cc1. The predicted molar refractivity (Wildman–Crippen MR) is 134 cm³/mol. The van der Waals surface area contributed by atoms with Crippen LogP contribution in [0.1, 0.15) is 17.5 Å². The first-order valence-electron chi connectivity index (χ1n) is 11.7. The van der Waals surface area contributed by atoms with Crippen molar-refractivity contribution in [2.45, 2.75) is 30.9 Å². The highest BCUT2D eigenvalue weighted by Crippen LogP contribution is 2.43. The van der Waals surface area contributed by atoms with Crippen LogP contribution in [-0.4, -0.2) is 53.6 Å². The number of thioether (sulfide) groups is 1. The van der Waals surface area contributed by atoms with Gasteiger partial charge in [-0.2, -0.15) is 0 Å². The zero-order valence-corrected chi connectivity index (χ0v) is 20.6. The maximum absolute atomic E-state index is 13.3. The smallest absolute Gasteiger partial charge is 0.355 e. The fourth-order valence-electron chi connectivity index (χ4n) is 4.37. The number of nitrogens with zero attached hydrogens (tertiary/aromatic N) is 1. The van der Waals surface area contributed by atoms with Gasteiger partial charge in [0.05, 0.1) is 20.1 Å². The molecule has 2 aromatic rings. The third kappa shape index (κ3) is 4.83. The second-order valence-corrected chi connectivity index (χ2v) is 9.68. The monoisotopic (exact) mass is 506 g/mol. The number of ether oxygens (including phenoxy) is 3. The molecule has 0 spiro atoms. The van der Waals surface area contributed by atoms with Crippen LogP contribution in [0.3, 0.4) is 0 Å². The number of methoxy groups -OCH3 is 1. The average Bonchev–Trinajstić information content (AvgIpc) is 3.45. The Kier molecular flexibility index (Phi) is 6.99. The van der Waals surface area contributed by atoms with Gasteiger partial charge in [-0.1, -0.05) is 42.5 Å². The lowest BCUT2D eigenvalue weighted by Crippen LogP contribution is -2.70. The summed E-state index contributed by atoms with van der Waals surface area (Å²) in [6.07, 6.45) is 2.85. The van der Waals surface area contributed by atoms with E-state index in [9.17, 15) is 14.4 Å². The maximum Gasteiger partial charge on any atom is 0.355 e. The number of esters is 1. The van der Waals surface area contributed by atoms with E-state index in [-0.39, 0.29) is 35.9 Å². The maximum atomic E-state index is 13.3.